The Bertz CT molecular complexity index is 937. The SMILES string of the molecule is O=C1Cc2cccc3cc(-c4ccc(O)cc4)cc(c23)C1=O. The molecule has 4 rings (SSSR count). The highest BCUT2D eigenvalue weighted by molar-refractivity contribution is 6.48. The predicted octanol–water partition coefficient (Wildman–Crippen LogP) is 3.52. The van der Waals surface area contributed by atoms with Gasteiger partial charge in [0.05, 0.1) is 0 Å². The number of phenols is 1. The minimum Gasteiger partial charge on any atom is -0.508 e. The van der Waals surface area contributed by atoms with Gasteiger partial charge < -0.3 is 5.11 Å². The first-order chi connectivity index (χ1) is 10.6. The highest BCUT2D eigenvalue weighted by atomic mass is 16.3. The number of aromatic hydroxyl groups is 1. The van der Waals surface area contributed by atoms with Crippen molar-refractivity contribution in [1.82, 2.24) is 0 Å². The minimum absolute atomic E-state index is 0.182. The molecule has 1 aliphatic carbocycles. The van der Waals surface area contributed by atoms with Crippen molar-refractivity contribution >= 4 is 22.3 Å². The molecule has 0 spiro atoms. The Labute approximate surface area is 126 Å². The summed E-state index contributed by atoms with van der Waals surface area (Å²) in [6, 6.07) is 16.3. The van der Waals surface area contributed by atoms with E-state index in [2.05, 4.69) is 0 Å². The molecule has 3 aromatic rings. The Morgan fingerprint density at radius 2 is 1.64 bits per heavy atom. The van der Waals surface area contributed by atoms with Crippen LogP contribution in [0.2, 0.25) is 0 Å². The molecule has 0 aliphatic heterocycles. The Kier molecular flexibility index (Phi) is 2.63. The Hall–Kier alpha value is -2.94. The van der Waals surface area contributed by atoms with Crippen molar-refractivity contribution in [2.75, 3.05) is 0 Å². The summed E-state index contributed by atoms with van der Waals surface area (Å²) < 4.78 is 0. The first-order valence-electron chi connectivity index (χ1n) is 7.06. The molecule has 1 aliphatic rings. The lowest BCUT2D eigenvalue weighted by atomic mass is 9.85. The molecule has 0 aromatic heterocycles. The zero-order valence-corrected chi connectivity index (χ0v) is 11.7. The van der Waals surface area contributed by atoms with E-state index in [-0.39, 0.29) is 18.0 Å². The topological polar surface area (TPSA) is 54.4 Å². The van der Waals surface area contributed by atoms with Gasteiger partial charge >= 0.3 is 0 Å². The smallest absolute Gasteiger partial charge is 0.229 e. The number of benzene rings is 3. The first kappa shape index (κ1) is 12.8. The molecule has 0 amide bonds. The summed E-state index contributed by atoms with van der Waals surface area (Å²) in [4.78, 5) is 24.2. The molecule has 3 aromatic carbocycles. The fourth-order valence-corrected chi connectivity index (χ4v) is 3.06. The highest BCUT2D eigenvalue weighted by Gasteiger charge is 2.26. The van der Waals surface area contributed by atoms with Crippen LogP contribution in [0.1, 0.15) is 15.9 Å². The summed E-state index contributed by atoms with van der Waals surface area (Å²) in [6.45, 7) is 0. The third kappa shape index (κ3) is 1.83. The van der Waals surface area contributed by atoms with Crippen molar-refractivity contribution in [3.05, 3.63) is 65.7 Å². The van der Waals surface area contributed by atoms with Crippen LogP contribution in [0.5, 0.6) is 5.75 Å². The van der Waals surface area contributed by atoms with Crippen LogP contribution < -0.4 is 0 Å². The zero-order valence-electron chi connectivity index (χ0n) is 11.7. The van der Waals surface area contributed by atoms with Gasteiger partial charge in [0.15, 0.2) is 0 Å². The van der Waals surface area contributed by atoms with Gasteiger partial charge in [-0.15, -0.1) is 0 Å². The molecule has 3 heteroatoms. The van der Waals surface area contributed by atoms with Gasteiger partial charge in [-0.1, -0.05) is 30.3 Å². The van der Waals surface area contributed by atoms with Gasteiger partial charge in [0.1, 0.15) is 5.75 Å². The van der Waals surface area contributed by atoms with E-state index in [1.807, 2.05) is 24.3 Å². The van der Waals surface area contributed by atoms with E-state index in [9.17, 15) is 14.7 Å². The number of phenolic OH excluding ortho intramolecular Hbond substituents is 1. The van der Waals surface area contributed by atoms with Crippen LogP contribution >= 0.6 is 0 Å². The number of carbonyl (C=O) groups excluding carboxylic acids is 2. The first-order valence-corrected chi connectivity index (χ1v) is 7.06. The van der Waals surface area contributed by atoms with Gasteiger partial charge in [-0.2, -0.15) is 0 Å². The molecule has 0 radical (unpaired) electrons. The van der Waals surface area contributed by atoms with Crippen molar-refractivity contribution in [2.45, 2.75) is 6.42 Å². The maximum Gasteiger partial charge on any atom is 0.229 e. The van der Waals surface area contributed by atoms with Crippen molar-refractivity contribution in [1.29, 1.82) is 0 Å². The van der Waals surface area contributed by atoms with E-state index in [1.165, 1.54) is 0 Å². The van der Waals surface area contributed by atoms with Crippen LogP contribution in [0.15, 0.2) is 54.6 Å². The van der Waals surface area contributed by atoms with Gasteiger partial charge in [-0.3, -0.25) is 9.59 Å². The molecule has 0 fully saturated rings. The third-order valence-corrected chi connectivity index (χ3v) is 4.11. The number of Topliss-reactive ketones (excluding diaryl/α,β-unsaturated/α-hetero) is 2. The molecule has 0 heterocycles. The molecular weight excluding hydrogens is 276 g/mol. The summed E-state index contributed by atoms with van der Waals surface area (Å²) >= 11 is 0. The lowest BCUT2D eigenvalue weighted by Crippen LogP contribution is -2.22. The fraction of sp³-hybridized carbons (Fsp3) is 0.0526. The minimum atomic E-state index is -0.413. The quantitative estimate of drug-likeness (QED) is 0.697. The molecule has 0 bridgehead atoms. The molecule has 0 saturated heterocycles. The lowest BCUT2D eigenvalue weighted by molar-refractivity contribution is -0.114. The monoisotopic (exact) mass is 288 g/mol. The van der Waals surface area contributed by atoms with Gasteiger partial charge in [0, 0.05) is 12.0 Å². The molecule has 22 heavy (non-hydrogen) atoms. The summed E-state index contributed by atoms with van der Waals surface area (Å²) in [6.07, 6.45) is 0.182. The standard InChI is InChI=1S/C19H12O3/c20-15-6-4-11(5-7-15)14-8-12-2-1-3-13-10-17(21)19(22)16(9-14)18(12)13/h1-9,20H,10H2. The third-order valence-electron chi connectivity index (χ3n) is 4.11. The lowest BCUT2D eigenvalue weighted by Gasteiger charge is -2.17. The molecule has 0 saturated carbocycles. The van der Waals surface area contributed by atoms with Crippen molar-refractivity contribution < 1.29 is 14.7 Å². The van der Waals surface area contributed by atoms with Crippen molar-refractivity contribution in [3.8, 4) is 16.9 Å². The number of ketones is 2. The molecule has 0 unspecified atom stereocenters. The van der Waals surface area contributed by atoms with Gasteiger partial charge in [0.25, 0.3) is 0 Å². The summed E-state index contributed by atoms with van der Waals surface area (Å²) in [5.74, 6) is -0.577. The van der Waals surface area contributed by atoms with E-state index >= 15 is 0 Å². The number of hydrogen-bond acceptors (Lipinski definition) is 3. The summed E-state index contributed by atoms with van der Waals surface area (Å²) in [7, 11) is 0. The van der Waals surface area contributed by atoms with Crippen LogP contribution in [0.25, 0.3) is 21.9 Å². The second-order valence-electron chi connectivity index (χ2n) is 5.52. The van der Waals surface area contributed by atoms with Crippen molar-refractivity contribution in [2.24, 2.45) is 0 Å². The van der Waals surface area contributed by atoms with Crippen LogP contribution in [-0.2, 0) is 11.2 Å². The molecule has 0 atom stereocenters. The Morgan fingerprint density at radius 3 is 2.41 bits per heavy atom. The Morgan fingerprint density at radius 1 is 0.864 bits per heavy atom. The zero-order chi connectivity index (χ0) is 15.3. The molecule has 1 N–H and O–H groups in total. The largest absolute Gasteiger partial charge is 0.508 e. The van der Waals surface area contributed by atoms with Crippen molar-refractivity contribution in [3.63, 3.8) is 0 Å². The number of carbonyl (C=O) groups is 2. The van der Waals surface area contributed by atoms with E-state index in [1.54, 1.807) is 30.3 Å². The Balaban J connectivity index is 2.03. The maximum atomic E-state index is 12.3. The average molecular weight is 288 g/mol. The predicted molar refractivity (Wildman–Crippen MR) is 84.1 cm³/mol. The van der Waals surface area contributed by atoms with Gasteiger partial charge in [0.2, 0.25) is 11.6 Å². The molecule has 106 valence electrons. The molecule has 3 nitrogen and oxygen atoms in total. The van der Waals surface area contributed by atoms with E-state index < -0.39 is 5.78 Å². The van der Waals surface area contributed by atoms with Crippen LogP contribution in [-0.4, -0.2) is 16.7 Å². The number of hydrogen-bond donors (Lipinski definition) is 1. The van der Waals surface area contributed by atoms with E-state index in [4.69, 9.17) is 0 Å². The van der Waals surface area contributed by atoms with Crippen LogP contribution in [0, 0.1) is 0 Å². The maximum absolute atomic E-state index is 12.3. The van der Waals surface area contributed by atoms with Gasteiger partial charge in [-0.05, 0) is 51.7 Å². The average Bonchev–Trinajstić information content (AvgIpc) is 2.53. The van der Waals surface area contributed by atoms with E-state index in [0.717, 1.165) is 27.5 Å². The van der Waals surface area contributed by atoms with Crippen LogP contribution in [0.4, 0.5) is 0 Å². The fourth-order valence-electron chi connectivity index (χ4n) is 3.06. The normalized spacial score (nSPS) is 13.6. The number of rotatable bonds is 1. The van der Waals surface area contributed by atoms with Crippen LogP contribution in [0.3, 0.4) is 0 Å². The van der Waals surface area contributed by atoms with Gasteiger partial charge in [-0.25, -0.2) is 0 Å². The summed E-state index contributed by atoms with van der Waals surface area (Å²) in [5, 5.41) is 11.2. The molecular formula is C19H12O3. The second-order valence-corrected chi connectivity index (χ2v) is 5.52. The van der Waals surface area contributed by atoms with E-state index in [0.29, 0.717) is 5.56 Å². The highest BCUT2D eigenvalue weighted by Crippen LogP contribution is 2.33. The second kappa shape index (κ2) is 4.53. The summed E-state index contributed by atoms with van der Waals surface area (Å²) in [5.41, 5.74) is 3.15.